The van der Waals surface area contributed by atoms with Crippen molar-refractivity contribution in [2.24, 2.45) is 5.92 Å². The summed E-state index contributed by atoms with van der Waals surface area (Å²) in [4.78, 5) is 27.2. The number of nitro groups is 1. The number of nitrogens with one attached hydrogen (secondary N) is 1. The lowest BCUT2D eigenvalue weighted by Gasteiger charge is -2.39. The summed E-state index contributed by atoms with van der Waals surface area (Å²) in [6.45, 7) is 3.51. The third-order valence-electron chi connectivity index (χ3n) is 6.33. The fourth-order valence-electron chi connectivity index (χ4n) is 5.29. The number of benzene rings is 2. The van der Waals surface area contributed by atoms with E-state index in [2.05, 4.69) is 5.32 Å². The summed E-state index contributed by atoms with van der Waals surface area (Å²) in [5.41, 5.74) is -0.799. The van der Waals surface area contributed by atoms with Crippen LogP contribution in [-0.4, -0.2) is 46.1 Å². The Balaban J connectivity index is 2.10. The summed E-state index contributed by atoms with van der Waals surface area (Å²) in [5.74, 6) is -2.58. The number of halogens is 3. The van der Waals surface area contributed by atoms with Crippen LogP contribution in [0.2, 0.25) is 10.0 Å². The third kappa shape index (κ3) is 3.20. The molecule has 2 N–H and O–H groups in total. The smallest absolute Gasteiger partial charge is 0.250 e. The molecule has 1 amide bonds. The molecule has 32 heavy (non-hydrogen) atoms. The van der Waals surface area contributed by atoms with E-state index in [9.17, 15) is 20.0 Å². The first-order valence-corrected chi connectivity index (χ1v) is 11.0. The normalized spacial score (nSPS) is 27.2. The number of hydrogen-bond donors (Lipinski definition) is 2. The predicted octanol–water partition coefficient (Wildman–Crippen LogP) is 4.04. The van der Waals surface area contributed by atoms with Gasteiger partial charge in [-0.15, -0.1) is 0 Å². The van der Waals surface area contributed by atoms with Gasteiger partial charge in [-0.25, -0.2) is 4.39 Å². The van der Waals surface area contributed by atoms with E-state index in [1.807, 2.05) is 13.8 Å². The van der Waals surface area contributed by atoms with Gasteiger partial charge in [-0.1, -0.05) is 55.2 Å². The van der Waals surface area contributed by atoms with Crippen molar-refractivity contribution in [2.75, 3.05) is 18.5 Å². The van der Waals surface area contributed by atoms with Gasteiger partial charge in [0.05, 0.1) is 17.5 Å². The third-order valence-corrected chi connectivity index (χ3v) is 6.86. The lowest BCUT2D eigenvalue weighted by molar-refractivity contribution is -0.528. The van der Waals surface area contributed by atoms with E-state index in [4.69, 9.17) is 23.2 Å². The van der Waals surface area contributed by atoms with Crippen LogP contribution >= 0.6 is 23.2 Å². The topological polar surface area (TPSA) is 95.7 Å². The molecule has 2 aliphatic heterocycles. The minimum atomic E-state index is -1.62. The summed E-state index contributed by atoms with van der Waals surface area (Å²) in [7, 11) is 0. The first-order chi connectivity index (χ1) is 15.1. The van der Waals surface area contributed by atoms with E-state index >= 15 is 4.39 Å². The van der Waals surface area contributed by atoms with Gasteiger partial charge in [-0.2, -0.15) is 0 Å². The SMILES string of the molecule is CC(C)CN1[C@@H](CO)[C@@H]([N+](=O)[O-])[C@H](c2cccc(Cl)c2F)[C@]12C(=O)Nc1cc(Cl)ccc12. The highest BCUT2D eigenvalue weighted by molar-refractivity contribution is 6.31. The van der Waals surface area contributed by atoms with E-state index in [0.717, 1.165) is 0 Å². The number of carbonyl (C=O) groups is 1. The van der Waals surface area contributed by atoms with Gasteiger partial charge in [-0.3, -0.25) is 19.8 Å². The molecule has 7 nitrogen and oxygen atoms in total. The van der Waals surface area contributed by atoms with Gasteiger partial charge in [-0.05, 0) is 24.1 Å². The minimum Gasteiger partial charge on any atom is -0.394 e. The molecule has 1 fully saturated rings. The van der Waals surface area contributed by atoms with E-state index < -0.39 is 46.8 Å². The van der Waals surface area contributed by atoms with Crippen LogP contribution in [0.5, 0.6) is 0 Å². The van der Waals surface area contributed by atoms with E-state index in [1.54, 1.807) is 23.1 Å². The molecular weight excluding hydrogens is 460 g/mol. The van der Waals surface area contributed by atoms with Crippen molar-refractivity contribution in [1.29, 1.82) is 0 Å². The van der Waals surface area contributed by atoms with Crippen molar-refractivity contribution in [3.05, 3.63) is 73.5 Å². The zero-order valence-electron chi connectivity index (χ0n) is 17.4. The summed E-state index contributed by atoms with van der Waals surface area (Å²) in [6.07, 6.45) is 0. The highest BCUT2D eigenvalue weighted by atomic mass is 35.5. The number of fused-ring (bicyclic) bond motifs is 2. The molecular formula is C22H22Cl2FN3O4. The van der Waals surface area contributed by atoms with Gasteiger partial charge in [0.25, 0.3) is 5.91 Å². The van der Waals surface area contributed by atoms with E-state index in [-0.39, 0.29) is 23.0 Å². The van der Waals surface area contributed by atoms with Gasteiger partial charge in [0.1, 0.15) is 17.4 Å². The van der Waals surface area contributed by atoms with Crippen LogP contribution in [-0.2, 0) is 10.3 Å². The number of aliphatic hydroxyl groups excluding tert-OH is 1. The maximum absolute atomic E-state index is 15.3. The standard InChI is InChI=1S/C22H22Cl2FN3O4/c1-11(2)9-27-17(10-29)20(28(31)32)18(13-4-3-5-15(24)19(13)25)22(27)14-7-6-12(23)8-16(14)26-21(22)30/h3-8,11,17-18,20,29H,9-10H2,1-2H3,(H,26,30)/t17-,18-,20+,22+/m0/s1. The molecule has 2 aromatic rings. The Kier molecular flexibility index (Phi) is 5.92. The van der Waals surface area contributed by atoms with Crippen molar-refractivity contribution < 1.29 is 19.2 Å². The number of anilines is 1. The minimum absolute atomic E-state index is 0.000405. The largest absolute Gasteiger partial charge is 0.394 e. The molecule has 4 atom stereocenters. The Labute approximate surface area is 194 Å². The second-order valence-electron chi connectivity index (χ2n) is 8.60. The zero-order valence-corrected chi connectivity index (χ0v) is 18.9. The molecule has 10 heteroatoms. The van der Waals surface area contributed by atoms with Crippen LogP contribution in [0.15, 0.2) is 36.4 Å². The summed E-state index contributed by atoms with van der Waals surface area (Å²) >= 11 is 12.2. The fraction of sp³-hybridized carbons (Fsp3) is 0.409. The molecule has 0 aromatic heterocycles. The Bertz CT molecular complexity index is 1100. The highest BCUT2D eigenvalue weighted by Crippen LogP contribution is 2.58. The van der Waals surface area contributed by atoms with Crippen LogP contribution in [0.1, 0.15) is 30.9 Å². The van der Waals surface area contributed by atoms with Gasteiger partial charge in [0.15, 0.2) is 0 Å². The van der Waals surface area contributed by atoms with E-state index in [1.165, 1.54) is 18.2 Å². The Morgan fingerprint density at radius 3 is 2.66 bits per heavy atom. The molecule has 2 aromatic carbocycles. The number of likely N-dealkylation sites (tertiary alicyclic amines) is 1. The lowest BCUT2D eigenvalue weighted by atomic mass is 9.73. The number of carbonyl (C=O) groups excluding carboxylic acids is 1. The van der Waals surface area contributed by atoms with Gasteiger partial charge in [0.2, 0.25) is 6.04 Å². The molecule has 0 aliphatic carbocycles. The quantitative estimate of drug-likeness (QED) is 0.496. The second-order valence-corrected chi connectivity index (χ2v) is 9.45. The summed E-state index contributed by atoms with van der Waals surface area (Å²) in [6, 6.07) is 6.57. The number of nitrogens with zero attached hydrogens (tertiary/aromatic N) is 2. The maximum atomic E-state index is 15.3. The molecule has 0 radical (unpaired) electrons. The zero-order chi connectivity index (χ0) is 23.4. The van der Waals surface area contributed by atoms with Crippen molar-refractivity contribution in [3.63, 3.8) is 0 Å². The molecule has 0 saturated carbocycles. The van der Waals surface area contributed by atoms with Gasteiger partial charge < -0.3 is 10.4 Å². The van der Waals surface area contributed by atoms with Crippen LogP contribution in [0, 0.1) is 21.8 Å². The molecule has 170 valence electrons. The number of amides is 1. The molecule has 4 rings (SSSR count). The van der Waals surface area contributed by atoms with Crippen LogP contribution in [0.25, 0.3) is 0 Å². The molecule has 0 unspecified atom stereocenters. The van der Waals surface area contributed by atoms with Crippen molar-refractivity contribution in [3.8, 4) is 0 Å². The van der Waals surface area contributed by atoms with Crippen LogP contribution < -0.4 is 5.32 Å². The Hall–Kier alpha value is -2.26. The average molecular weight is 482 g/mol. The summed E-state index contributed by atoms with van der Waals surface area (Å²) in [5, 5.41) is 25.6. The van der Waals surface area contributed by atoms with Crippen molar-refractivity contribution >= 4 is 34.8 Å². The number of rotatable bonds is 5. The molecule has 2 heterocycles. The Morgan fingerprint density at radius 2 is 2.03 bits per heavy atom. The van der Waals surface area contributed by atoms with Crippen LogP contribution in [0.3, 0.4) is 0 Å². The average Bonchev–Trinajstić information content (AvgIpc) is 3.16. The Morgan fingerprint density at radius 1 is 1.31 bits per heavy atom. The van der Waals surface area contributed by atoms with Crippen LogP contribution in [0.4, 0.5) is 10.1 Å². The predicted molar refractivity (Wildman–Crippen MR) is 119 cm³/mol. The molecule has 0 bridgehead atoms. The monoisotopic (exact) mass is 481 g/mol. The fourth-order valence-corrected chi connectivity index (χ4v) is 5.65. The number of aliphatic hydroxyl groups is 1. The number of hydrogen-bond acceptors (Lipinski definition) is 5. The summed E-state index contributed by atoms with van der Waals surface area (Å²) < 4.78 is 15.3. The first-order valence-electron chi connectivity index (χ1n) is 10.2. The van der Waals surface area contributed by atoms with E-state index in [0.29, 0.717) is 16.3 Å². The molecule has 2 aliphatic rings. The second kappa shape index (κ2) is 8.26. The van der Waals surface area contributed by atoms with Crippen molar-refractivity contribution in [1.82, 2.24) is 4.90 Å². The molecule has 1 spiro atoms. The van der Waals surface area contributed by atoms with Gasteiger partial charge >= 0.3 is 0 Å². The van der Waals surface area contributed by atoms with Gasteiger partial charge in [0, 0.05) is 33.3 Å². The lowest BCUT2D eigenvalue weighted by Crippen LogP contribution is -2.53. The van der Waals surface area contributed by atoms with Crippen molar-refractivity contribution in [2.45, 2.75) is 37.4 Å². The first kappa shape index (κ1) is 22.9. The highest BCUT2D eigenvalue weighted by Gasteiger charge is 2.71. The molecule has 1 saturated heterocycles. The maximum Gasteiger partial charge on any atom is 0.250 e.